The minimum atomic E-state index is 0.770. The van der Waals surface area contributed by atoms with Gasteiger partial charge < -0.3 is 15.5 Å². The van der Waals surface area contributed by atoms with Crippen molar-refractivity contribution in [3.05, 3.63) is 23.3 Å². The van der Waals surface area contributed by atoms with E-state index in [1.807, 2.05) is 0 Å². The molecule has 100 valence electrons. The molecule has 0 spiro atoms. The van der Waals surface area contributed by atoms with E-state index in [0.29, 0.717) is 0 Å². The Morgan fingerprint density at radius 1 is 1.22 bits per heavy atom. The lowest BCUT2D eigenvalue weighted by Crippen LogP contribution is -2.27. The van der Waals surface area contributed by atoms with Crippen LogP contribution in [-0.2, 0) is 0 Å². The van der Waals surface area contributed by atoms with E-state index in [9.17, 15) is 0 Å². The molecule has 1 aliphatic heterocycles. The molecule has 1 aromatic rings. The van der Waals surface area contributed by atoms with E-state index in [1.165, 1.54) is 28.9 Å². The summed E-state index contributed by atoms with van der Waals surface area (Å²) in [6, 6.07) is 4.50. The predicted molar refractivity (Wildman–Crippen MR) is 79.7 cm³/mol. The van der Waals surface area contributed by atoms with Crippen LogP contribution in [0.3, 0.4) is 0 Å². The zero-order chi connectivity index (χ0) is 13.1. The van der Waals surface area contributed by atoms with Gasteiger partial charge in [-0.15, -0.1) is 0 Å². The van der Waals surface area contributed by atoms with Crippen molar-refractivity contribution in [1.82, 2.24) is 0 Å². The van der Waals surface area contributed by atoms with Crippen molar-refractivity contribution >= 4 is 11.4 Å². The number of nitrogens with zero attached hydrogens (tertiary/aromatic N) is 2. The van der Waals surface area contributed by atoms with Crippen LogP contribution in [0.5, 0.6) is 0 Å². The average molecular weight is 247 g/mol. The number of hydrogen-bond acceptors (Lipinski definition) is 3. The van der Waals surface area contributed by atoms with Gasteiger partial charge in [0, 0.05) is 26.7 Å². The molecule has 0 aliphatic carbocycles. The van der Waals surface area contributed by atoms with Gasteiger partial charge in [0.2, 0.25) is 0 Å². The van der Waals surface area contributed by atoms with Crippen molar-refractivity contribution < 1.29 is 0 Å². The highest BCUT2D eigenvalue weighted by atomic mass is 15.2. The summed E-state index contributed by atoms with van der Waals surface area (Å²) in [6.07, 6.45) is 2.28. The maximum absolute atomic E-state index is 5.66. The van der Waals surface area contributed by atoms with Crippen LogP contribution in [-0.4, -0.2) is 33.2 Å². The zero-order valence-electron chi connectivity index (χ0n) is 11.9. The summed E-state index contributed by atoms with van der Waals surface area (Å²) in [5.41, 5.74) is 11.2. The van der Waals surface area contributed by atoms with Gasteiger partial charge in [-0.25, -0.2) is 0 Å². The number of aryl methyl sites for hydroxylation is 1. The molecule has 0 bridgehead atoms. The third kappa shape index (κ3) is 2.46. The highest BCUT2D eigenvalue weighted by molar-refractivity contribution is 5.76. The van der Waals surface area contributed by atoms with Crippen LogP contribution in [0.4, 0.5) is 11.4 Å². The third-order valence-electron chi connectivity index (χ3n) is 3.96. The van der Waals surface area contributed by atoms with E-state index in [2.05, 4.69) is 42.8 Å². The van der Waals surface area contributed by atoms with Crippen molar-refractivity contribution in [3.63, 3.8) is 0 Å². The van der Waals surface area contributed by atoms with Gasteiger partial charge in [0.15, 0.2) is 0 Å². The van der Waals surface area contributed by atoms with Gasteiger partial charge in [-0.05, 0) is 50.4 Å². The van der Waals surface area contributed by atoms with Crippen molar-refractivity contribution in [2.75, 3.05) is 43.0 Å². The summed E-state index contributed by atoms with van der Waals surface area (Å²) < 4.78 is 0. The van der Waals surface area contributed by atoms with E-state index in [4.69, 9.17) is 5.73 Å². The number of anilines is 2. The van der Waals surface area contributed by atoms with Crippen LogP contribution in [0.25, 0.3) is 0 Å². The summed E-state index contributed by atoms with van der Waals surface area (Å²) >= 11 is 0. The van der Waals surface area contributed by atoms with Gasteiger partial charge in [0.05, 0.1) is 11.4 Å². The number of fused-ring (bicyclic) bond motifs is 1. The molecule has 0 atom stereocenters. The second-order valence-electron chi connectivity index (χ2n) is 5.28. The largest absolute Gasteiger partial charge is 0.373 e. The van der Waals surface area contributed by atoms with E-state index < -0.39 is 0 Å². The Morgan fingerprint density at radius 2 is 2.00 bits per heavy atom. The molecule has 3 heteroatoms. The molecular weight excluding hydrogens is 222 g/mol. The second-order valence-corrected chi connectivity index (χ2v) is 5.28. The summed E-state index contributed by atoms with van der Waals surface area (Å²) in [7, 11) is 2.19. The SMILES string of the molecule is Cc1ccc2c(c1C)N(CCCN)CCCN2C. The minimum Gasteiger partial charge on any atom is -0.373 e. The first-order valence-corrected chi connectivity index (χ1v) is 6.91. The zero-order valence-corrected chi connectivity index (χ0v) is 11.9. The fraction of sp³-hybridized carbons (Fsp3) is 0.600. The van der Waals surface area contributed by atoms with Gasteiger partial charge in [-0.2, -0.15) is 0 Å². The molecule has 1 aliphatic rings. The number of benzene rings is 1. The molecule has 0 unspecified atom stereocenters. The maximum Gasteiger partial charge on any atom is 0.0636 e. The molecule has 0 saturated heterocycles. The topological polar surface area (TPSA) is 32.5 Å². The maximum atomic E-state index is 5.66. The Labute approximate surface area is 111 Å². The molecular formula is C15H25N3. The van der Waals surface area contributed by atoms with Crippen LogP contribution in [0.15, 0.2) is 12.1 Å². The number of hydrogen-bond donors (Lipinski definition) is 1. The second kappa shape index (κ2) is 5.61. The van der Waals surface area contributed by atoms with Crippen molar-refractivity contribution in [3.8, 4) is 0 Å². The van der Waals surface area contributed by atoms with Crippen LogP contribution in [0.1, 0.15) is 24.0 Å². The van der Waals surface area contributed by atoms with Crippen molar-refractivity contribution in [1.29, 1.82) is 0 Å². The summed E-state index contributed by atoms with van der Waals surface area (Å²) in [5.74, 6) is 0. The van der Waals surface area contributed by atoms with Gasteiger partial charge in [-0.1, -0.05) is 6.07 Å². The Balaban J connectivity index is 2.42. The fourth-order valence-corrected chi connectivity index (χ4v) is 2.73. The number of nitrogens with two attached hydrogens (primary N) is 1. The average Bonchev–Trinajstić information content (AvgIpc) is 2.51. The van der Waals surface area contributed by atoms with Crippen LogP contribution in [0.2, 0.25) is 0 Å². The van der Waals surface area contributed by atoms with Crippen LogP contribution >= 0.6 is 0 Å². The normalized spacial score (nSPS) is 15.6. The lowest BCUT2D eigenvalue weighted by Gasteiger charge is -2.28. The molecule has 0 aromatic heterocycles. The van der Waals surface area contributed by atoms with E-state index in [-0.39, 0.29) is 0 Å². The molecule has 2 rings (SSSR count). The summed E-state index contributed by atoms with van der Waals surface area (Å²) in [4.78, 5) is 4.90. The van der Waals surface area contributed by atoms with Gasteiger partial charge in [0.1, 0.15) is 0 Å². The molecule has 0 radical (unpaired) electrons. The lowest BCUT2D eigenvalue weighted by atomic mass is 10.0. The van der Waals surface area contributed by atoms with Crippen molar-refractivity contribution in [2.24, 2.45) is 5.73 Å². The van der Waals surface area contributed by atoms with Gasteiger partial charge in [0.25, 0.3) is 0 Å². The highest BCUT2D eigenvalue weighted by Crippen LogP contribution is 2.36. The van der Waals surface area contributed by atoms with Crippen LogP contribution in [0, 0.1) is 13.8 Å². The molecule has 1 aromatic carbocycles. The Bertz CT molecular complexity index is 414. The first kappa shape index (κ1) is 13.2. The molecule has 18 heavy (non-hydrogen) atoms. The summed E-state index contributed by atoms with van der Waals surface area (Å²) in [6.45, 7) is 8.55. The van der Waals surface area contributed by atoms with Gasteiger partial charge >= 0.3 is 0 Å². The van der Waals surface area contributed by atoms with E-state index in [1.54, 1.807) is 0 Å². The fourth-order valence-electron chi connectivity index (χ4n) is 2.73. The highest BCUT2D eigenvalue weighted by Gasteiger charge is 2.20. The molecule has 0 saturated carbocycles. The Morgan fingerprint density at radius 3 is 2.72 bits per heavy atom. The standard InChI is InChI=1S/C15H25N3/c1-12-6-7-14-15(13(12)2)18(10-4-8-16)11-5-9-17(14)3/h6-7H,4-5,8-11,16H2,1-3H3. The minimum absolute atomic E-state index is 0.770. The molecule has 3 nitrogen and oxygen atoms in total. The van der Waals surface area contributed by atoms with Crippen molar-refractivity contribution in [2.45, 2.75) is 26.7 Å². The van der Waals surface area contributed by atoms with Crippen LogP contribution < -0.4 is 15.5 Å². The molecule has 1 heterocycles. The first-order valence-electron chi connectivity index (χ1n) is 6.91. The summed E-state index contributed by atoms with van der Waals surface area (Å²) in [5, 5.41) is 0. The predicted octanol–water partition coefficient (Wildman–Crippen LogP) is 2.30. The molecule has 2 N–H and O–H groups in total. The quantitative estimate of drug-likeness (QED) is 0.889. The molecule has 0 amide bonds. The Hall–Kier alpha value is -1.22. The monoisotopic (exact) mass is 247 g/mol. The van der Waals surface area contributed by atoms with Gasteiger partial charge in [-0.3, -0.25) is 0 Å². The van der Waals surface area contributed by atoms with E-state index in [0.717, 1.165) is 32.6 Å². The molecule has 0 fully saturated rings. The third-order valence-corrected chi connectivity index (χ3v) is 3.96. The van der Waals surface area contributed by atoms with E-state index >= 15 is 0 Å². The number of rotatable bonds is 3. The first-order chi connectivity index (χ1) is 8.65. The Kier molecular flexibility index (Phi) is 4.12. The smallest absolute Gasteiger partial charge is 0.0636 e. The lowest BCUT2D eigenvalue weighted by molar-refractivity contribution is 0.709.